The molecule has 3 heterocycles. The topological polar surface area (TPSA) is 37.4 Å². The first-order valence-corrected chi connectivity index (χ1v) is 9.09. The predicted molar refractivity (Wildman–Crippen MR) is 93.9 cm³/mol. The molecular formula is C16H28ClN3OS. The normalized spacial score (nSPS) is 24.8. The summed E-state index contributed by atoms with van der Waals surface area (Å²) in [5, 5.41) is 3.49. The molecule has 0 amide bonds. The summed E-state index contributed by atoms with van der Waals surface area (Å²) in [7, 11) is 0. The van der Waals surface area contributed by atoms with Gasteiger partial charge < -0.3 is 10.1 Å². The number of ether oxygens (including phenoxy) is 1. The van der Waals surface area contributed by atoms with Gasteiger partial charge in [-0.05, 0) is 57.7 Å². The number of nitrogens with zero attached hydrogens (tertiary/aromatic N) is 2. The summed E-state index contributed by atoms with van der Waals surface area (Å²) in [6.45, 7) is 9.93. The van der Waals surface area contributed by atoms with Crippen LogP contribution < -0.4 is 5.32 Å². The third-order valence-corrected chi connectivity index (χ3v) is 5.69. The van der Waals surface area contributed by atoms with Crippen LogP contribution in [0.15, 0.2) is 5.51 Å². The highest BCUT2D eigenvalue weighted by Gasteiger charge is 2.21. The lowest BCUT2D eigenvalue weighted by Crippen LogP contribution is -2.32. The lowest BCUT2D eigenvalue weighted by atomic mass is 10.0. The highest BCUT2D eigenvalue weighted by Crippen LogP contribution is 2.21. The number of hydrogen-bond donors (Lipinski definition) is 1. The second kappa shape index (κ2) is 9.18. The summed E-state index contributed by atoms with van der Waals surface area (Å²) in [6.07, 6.45) is 3.85. The zero-order valence-electron chi connectivity index (χ0n) is 13.4. The quantitative estimate of drug-likeness (QED) is 0.824. The molecule has 2 unspecified atom stereocenters. The molecule has 0 radical (unpaired) electrons. The van der Waals surface area contributed by atoms with Crippen LogP contribution >= 0.6 is 23.7 Å². The fourth-order valence-electron chi connectivity index (χ4n) is 3.33. The van der Waals surface area contributed by atoms with Crippen LogP contribution in [0, 0.1) is 18.8 Å². The third kappa shape index (κ3) is 5.17. The van der Waals surface area contributed by atoms with Crippen LogP contribution in [0.25, 0.3) is 0 Å². The Morgan fingerprint density at radius 1 is 1.41 bits per heavy atom. The van der Waals surface area contributed by atoms with Gasteiger partial charge in [-0.3, -0.25) is 4.90 Å². The Hall–Kier alpha value is -0.200. The standard InChI is InChI=1S/C16H27N3OS.ClH/c1-13-16(21-12-18-13)10-19(9-15-2-5-17-8-15)6-3-14-4-7-20-11-14;/h12,14-15,17H,2-11H2,1H3;1H. The van der Waals surface area contributed by atoms with Crippen LogP contribution in [0.1, 0.15) is 29.8 Å². The molecule has 2 aliphatic rings. The molecule has 0 saturated carbocycles. The van der Waals surface area contributed by atoms with Gasteiger partial charge >= 0.3 is 0 Å². The van der Waals surface area contributed by atoms with Crippen molar-refractivity contribution < 1.29 is 4.74 Å². The van der Waals surface area contributed by atoms with Crippen LogP contribution in [0.2, 0.25) is 0 Å². The lowest BCUT2D eigenvalue weighted by Gasteiger charge is -2.26. The highest BCUT2D eigenvalue weighted by atomic mass is 35.5. The number of thiazole rings is 1. The van der Waals surface area contributed by atoms with E-state index in [1.807, 2.05) is 5.51 Å². The van der Waals surface area contributed by atoms with E-state index < -0.39 is 0 Å². The minimum atomic E-state index is 0. The van der Waals surface area contributed by atoms with E-state index in [0.29, 0.717) is 0 Å². The average molecular weight is 346 g/mol. The van der Waals surface area contributed by atoms with Crippen molar-refractivity contribution in [2.45, 2.75) is 32.7 Å². The predicted octanol–water partition coefficient (Wildman–Crippen LogP) is 2.71. The Morgan fingerprint density at radius 2 is 2.32 bits per heavy atom. The van der Waals surface area contributed by atoms with E-state index in [-0.39, 0.29) is 12.4 Å². The summed E-state index contributed by atoms with van der Waals surface area (Å²) in [6, 6.07) is 0. The van der Waals surface area contributed by atoms with Gasteiger partial charge in [0.25, 0.3) is 0 Å². The SMILES string of the molecule is Cc1ncsc1CN(CCC1CCOC1)CC1CCNC1.Cl. The Kier molecular flexibility index (Phi) is 7.57. The summed E-state index contributed by atoms with van der Waals surface area (Å²) < 4.78 is 5.51. The molecule has 3 rings (SSSR count). The van der Waals surface area contributed by atoms with Gasteiger partial charge in [0.1, 0.15) is 0 Å². The number of rotatable bonds is 7. The molecule has 0 aromatic carbocycles. The summed E-state index contributed by atoms with van der Waals surface area (Å²) >= 11 is 1.80. The minimum absolute atomic E-state index is 0. The maximum Gasteiger partial charge on any atom is 0.0798 e. The Labute approximate surface area is 144 Å². The van der Waals surface area contributed by atoms with Gasteiger partial charge in [-0.2, -0.15) is 0 Å². The first-order valence-electron chi connectivity index (χ1n) is 8.21. The lowest BCUT2D eigenvalue weighted by molar-refractivity contribution is 0.173. The monoisotopic (exact) mass is 345 g/mol. The van der Waals surface area contributed by atoms with Crippen molar-refractivity contribution in [3.63, 3.8) is 0 Å². The van der Waals surface area contributed by atoms with Crippen molar-refractivity contribution in [1.82, 2.24) is 15.2 Å². The highest BCUT2D eigenvalue weighted by molar-refractivity contribution is 7.09. The minimum Gasteiger partial charge on any atom is -0.381 e. The molecular weight excluding hydrogens is 318 g/mol. The van der Waals surface area contributed by atoms with Gasteiger partial charge in [-0.15, -0.1) is 23.7 Å². The first-order chi connectivity index (χ1) is 10.3. The van der Waals surface area contributed by atoms with Crippen LogP contribution in [0.5, 0.6) is 0 Å². The Bertz CT molecular complexity index is 431. The van der Waals surface area contributed by atoms with Crippen LogP contribution in [-0.4, -0.2) is 49.3 Å². The summed E-state index contributed by atoms with van der Waals surface area (Å²) in [5.74, 6) is 1.59. The molecule has 2 atom stereocenters. The largest absolute Gasteiger partial charge is 0.381 e. The molecule has 1 aromatic heterocycles. The van der Waals surface area contributed by atoms with Crippen molar-refractivity contribution in [1.29, 1.82) is 0 Å². The van der Waals surface area contributed by atoms with Crippen LogP contribution in [-0.2, 0) is 11.3 Å². The van der Waals surface area contributed by atoms with Gasteiger partial charge in [0, 0.05) is 31.2 Å². The number of hydrogen-bond acceptors (Lipinski definition) is 5. The molecule has 0 bridgehead atoms. The van der Waals surface area contributed by atoms with Gasteiger partial charge in [0.2, 0.25) is 0 Å². The molecule has 22 heavy (non-hydrogen) atoms. The zero-order chi connectivity index (χ0) is 14.5. The van der Waals surface area contributed by atoms with Crippen molar-refractivity contribution in [3.8, 4) is 0 Å². The second-order valence-electron chi connectivity index (χ2n) is 6.47. The Morgan fingerprint density at radius 3 is 2.95 bits per heavy atom. The molecule has 126 valence electrons. The van der Waals surface area contributed by atoms with Crippen molar-refractivity contribution in [2.24, 2.45) is 11.8 Å². The molecule has 2 aliphatic heterocycles. The fourth-order valence-corrected chi connectivity index (χ4v) is 4.15. The fraction of sp³-hybridized carbons (Fsp3) is 0.812. The number of aromatic nitrogens is 1. The molecule has 1 aromatic rings. The molecule has 4 nitrogen and oxygen atoms in total. The van der Waals surface area contributed by atoms with E-state index >= 15 is 0 Å². The number of aryl methyl sites for hydroxylation is 1. The summed E-state index contributed by atoms with van der Waals surface area (Å²) in [5.41, 5.74) is 3.18. The molecule has 0 spiro atoms. The van der Waals surface area contributed by atoms with Gasteiger partial charge in [-0.25, -0.2) is 4.98 Å². The third-order valence-electron chi connectivity index (χ3n) is 4.77. The smallest absolute Gasteiger partial charge is 0.0798 e. The Balaban J connectivity index is 0.00000176. The maximum absolute atomic E-state index is 5.51. The number of nitrogens with one attached hydrogen (secondary N) is 1. The van der Waals surface area contributed by atoms with Crippen molar-refractivity contribution in [2.75, 3.05) is 39.4 Å². The number of halogens is 1. The van der Waals surface area contributed by atoms with Crippen LogP contribution in [0.4, 0.5) is 0 Å². The zero-order valence-corrected chi connectivity index (χ0v) is 15.1. The van der Waals surface area contributed by atoms with E-state index in [0.717, 1.165) is 31.6 Å². The van der Waals surface area contributed by atoms with Gasteiger partial charge in [-0.1, -0.05) is 0 Å². The molecule has 2 fully saturated rings. The molecule has 1 N–H and O–H groups in total. The van der Waals surface area contributed by atoms with Gasteiger partial charge in [0.05, 0.1) is 11.2 Å². The van der Waals surface area contributed by atoms with Crippen molar-refractivity contribution in [3.05, 3.63) is 16.1 Å². The van der Waals surface area contributed by atoms with E-state index in [9.17, 15) is 0 Å². The van der Waals surface area contributed by atoms with Crippen LogP contribution in [0.3, 0.4) is 0 Å². The average Bonchev–Trinajstić information content (AvgIpc) is 3.20. The maximum atomic E-state index is 5.51. The van der Waals surface area contributed by atoms with Crippen molar-refractivity contribution >= 4 is 23.7 Å². The molecule has 0 aliphatic carbocycles. The van der Waals surface area contributed by atoms with E-state index in [1.54, 1.807) is 11.3 Å². The first kappa shape index (κ1) is 18.1. The van der Waals surface area contributed by atoms with E-state index in [4.69, 9.17) is 4.74 Å². The van der Waals surface area contributed by atoms with Gasteiger partial charge in [0.15, 0.2) is 0 Å². The molecule has 6 heteroatoms. The summed E-state index contributed by atoms with van der Waals surface area (Å²) in [4.78, 5) is 8.48. The van der Waals surface area contributed by atoms with E-state index in [2.05, 4.69) is 22.1 Å². The molecule has 2 saturated heterocycles. The van der Waals surface area contributed by atoms with E-state index in [1.165, 1.54) is 56.0 Å². The second-order valence-corrected chi connectivity index (χ2v) is 7.41.